The van der Waals surface area contributed by atoms with Gasteiger partial charge in [0, 0.05) is 53.5 Å². The molecule has 2 fully saturated rings. The van der Waals surface area contributed by atoms with Crippen LogP contribution in [0.3, 0.4) is 0 Å². The summed E-state index contributed by atoms with van der Waals surface area (Å²) in [5.74, 6) is -5.50. The van der Waals surface area contributed by atoms with Gasteiger partial charge in [0.25, 0.3) is 11.8 Å². The van der Waals surface area contributed by atoms with Gasteiger partial charge in [0.05, 0.1) is 42.7 Å². The highest BCUT2D eigenvalue weighted by molar-refractivity contribution is 6.01. The van der Waals surface area contributed by atoms with Crippen LogP contribution < -0.4 is 10.6 Å². The molecule has 1 aromatic rings. The van der Waals surface area contributed by atoms with E-state index in [4.69, 9.17) is 14.3 Å². The first-order chi connectivity index (χ1) is 31.7. The minimum Gasteiger partial charge on any atom is -0.480 e. The minimum atomic E-state index is -1.16. The van der Waals surface area contributed by atoms with E-state index in [1.165, 1.54) is 14.2 Å². The molecule has 18 nitrogen and oxygen atoms in total. The zero-order chi connectivity index (χ0) is 50.1. The van der Waals surface area contributed by atoms with Crippen molar-refractivity contribution < 1.29 is 57.8 Å². The summed E-state index contributed by atoms with van der Waals surface area (Å²) < 4.78 is 11.9. The largest absolute Gasteiger partial charge is 0.480 e. The van der Waals surface area contributed by atoms with Gasteiger partial charge in [0.15, 0.2) is 0 Å². The third-order valence-electron chi connectivity index (χ3n) is 13.4. The number of ether oxygens (including phenoxy) is 2. The number of likely N-dealkylation sites (tertiary alicyclic amines) is 1. The Morgan fingerprint density at radius 2 is 1.49 bits per heavy atom. The number of carbonyl (C=O) groups excluding carboxylic acids is 7. The van der Waals surface area contributed by atoms with E-state index in [2.05, 4.69) is 10.6 Å². The molecule has 0 spiro atoms. The van der Waals surface area contributed by atoms with Gasteiger partial charge < -0.3 is 39.9 Å². The van der Waals surface area contributed by atoms with Gasteiger partial charge in [-0.05, 0) is 62.6 Å². The number of hydrogen-bond donors (Lipinski definition) is 3. The van der Waals surface area contributed by atoms with E-state index in [0.717, 1.165) is 5.56 Å². The van der Waals surface area contributed by atoms with Crippen molar-refractivity contribution in [2.45, 2.75) is 162 Å². The second-order valence-electron chi connectivity index (χ2n) is 18.9. The van der Waals surface area contributed by atoms with E-state index in [0.29, 0.717) is 56.7 Å². The number of hydrogen-bond acceptors (Lipinski definition) is 12. The maximum atomic E-state index is 14.6. The number of amides is 6. The lowest BCUT2D eigenvalue weighted by atomic mass is 9.89. The van der Waals surface area contributed by atoms with E-state index < -0.39 is 78.0 Å². The van der Waals surface area contributed by atoms with Crippen LogP contribution in [0.4, 0.5) is 0 Å². The Hall–Kier alpha value is -4.94. The molecular formula is C49H78N6O12. The van der Waals surface area contributed by atoms with E-state index >= 15 is 0 Å². The zero-order valence-corrected chi connectivity index (χ0v) is 41.7. The van der Waals surface area contributed by atoms with Crippen LogP contribution in [0.2, 0.25) is 0 Å². The predicted molar refractivity (Wildman–Crippen MR) is 250 cm³/mol. The van der Waals surface area contributed by atoms with Crippen molar-refractivity contribution in [1.82, 2.24) is 30.4 Å². The van der Waals surface area contributed by atoms with E-state index in [1.54, 1.807) is 48.0 Å². The number of carboxylic acids is 1. The molecular weight excluding hydrogens is 865 g/mol. The molecule has 3 N–H and O–H groups in total. The van der Waals surface area contributed by atoms with Crippen LogP contribution in [0.15, 0.2) is 30.3 Å². The highest BCUT2D eigenvalue weighted by atomic mass is 16.7. The minimum absolute atomic E-state index is 0.0286. The van der Waals surface area contributed by atoms with Crippen LogP contribution in [0.5, 0.6) is 0 Å². The number of likely N-dealkylation sites (N-methyl/N-ethyl adjacent to an activating group) is 2. The lowest BCUT2D eigenvalue weighted by Gasteiger charge is -2.41. The molecule has 0 radical (unpaired) electrons. The Kier molecular flexibility index (Phi) is 22.9. The molecule has 0 aliphatic carbocycles. The highest BCUT2D eigenvalue weighted by Crippen LogP contribution is 2.30. The lowest BCUT2D eigenvalue weighted by molar-refractivity contribution is -0.197. The van der Waals surface area contributed by atoms with Crippen molar-refractivity contribution in [3.8, 4) is 0 Å². The molecule has 3 rings (SSSR count). The molecule has 18 heteroatoms. The van der Waals surface area contributed by atoms with Crippen molar-refractivity contribution in [2.24, 2.45) is 23.7 Å². The van der Waals surface area contributed by atoms with E-state index in [1.807, 2.05) is 59.6 Å². The Bertz CT molecular complexity index is 1810. The number of nitrogens with zero attached hydrogens (tertiary/aromatic N) is 4. The molecule has 0 aromatic heterocycles. The van der Waals surface area contributed by atoms with Crippen LogP contribution in [0, 0.1) is 23.7 Å². The summed E-state index contributed by atoms with van der Waals surface area (Å²) in [7, 11) is 6.52. The number of rotatable bonds is 28. The summed E-state index contributed by atoms with van der Waals surface area (Å²) in [6.45, 7) is 14.2. The number of aliphatic carboxylic acids is 1. The van der Waals surface area contributed by atoms with Gasteiger partial charge in [0.2, 0.25) is 23.6 Å². The second kappa shape index (κ2) is 27.2. The number of carboxylic acid groups (broad SMARTS) is 1. The predicted octanol–water partition coefficient (Wildman–Crippen LogP) is 3.98. The molecule has 1 aromatic carbocycles. The SMILES string of the molecule is CC[C@H](C)[C@@H]([C@@H](CC(=O)N1CCC[C@H]1[C@H](OC)[C@@H](C)C(=O)N[C@@H](Cc1ccccc1)C(=O)O)OC)N(C)C(=O)[C@@H](NC(=O)[C@H](C(C)C)N(C)CCCCCC(=O)ON1C(=O)CCC1=O)C(C)C. The van der Waals surface area contributed by atoms with Gasteiger partial charge >= 0.3 is 11.9 Å². The van der Waals surface area contributed by atoms with Crippen molar-refractivity contribution in [3.63, 3.8) is 0 Å². The Morgan fingerprint density at radius 1 is 0.851 bits per heavy atom. The van der Waals surface area contributed by atoms with Gasteiger partial charge in [-0.3, -0.25) is 33.7 Å². The van der Waals surface area contributed by atoms with Crippen molar-refractivity contribution in [1.29, 1.82) is 0 Å². The summed E-state index contributed by atoms with van der Waals surface area (Å²) in [5.41, 5.74) is 0.766. The number of unbranched alkanes of at least 4 members (excludes halogenated alkanes) is 2. The maximum absolute atomic E-state index is 14.6. The van der Waals surface area contributed by atoms with Crippen molar-refractivity contribution in [3.05, 3.63) is 35.9 Å². The first-order valence-corrected chi connectivity index (χ1v) is 23.9. The summed E-state index contributed by atoms with van der Waals surface area (Å²) in [6, 6.07) is 5.41. The van der Waals surface area contributed by atoms with E-state index in [9.17, 15) is 43.5 Å². The fraction of sp³-hybridized carbons (Fsp3) is 0.714. The first kappa shape index (κ1) is 56.4. The van der Waals surface area contributed by atoms with Gasteiger partial charge in [-0.25, -0.2) is 9.59 Å². The molecule has 9 atom stereocenters. The average molecular weight is 943 g/mol. The zero-order valence-electron chi connectivity index (χ0n) is 41.7. The van der Waals surface area contributed by atoms with E-state index in [-0.39, 0.29) is 67.6 Å². The number of hydroxylamine groups is 2. The Morgan fingerprint density at radius 3 is 2.04 bits per heavy atom. The topological polar surface area (TPSA) is 222 Å². The van der Waals surface area contributed by atoms with Gasteiger partial charge in [-0.15, -0.1) is 5.06 Å². The second-order valence-corrected chi connectivity index (χ2v) is 18.9. The molecule has 0 saturated carbocycles. The quantitative estimate of drug-likeness (QED) is 0.0801. The molecule has 2 aliphatic heterocycles. The number of benzene rings is 1. The average Bonchev–Trinajstić information content (AvgIpc) is 3.90. The van der Waals surface area contributed by atoms with Crippen molar-refractivity contribution in [2.75, 3.05) is 41.4 Å². The summed E-state index contributed by atoms with van der Waals surface area (Å²) >= 11 is 0. The fourth-order valence-corrected chi connectivity index (χ4v) is 9.39. The van der Waals surface area contributed by atoms with Crippen LogP contribution in [-0.4, -0.2) is 156 Å². The maximum Gasteiger partial charge on any atom is 0.333 e. The smallest absolute Gasteiger partial charge is 0.333 e. The molecule has 2 saturated heterocycles. The third-order valence-corrected chi connectivity index (χ3v) is 13.4. The molecule has 67 heavy (non-hydrogen) atoms. The number of imide groups is 1. The lowest BCUT2D eigenvalue weighted by Crippen LogP contribution is -2.60. The molecule has 0 unspecified atom stereocenters. The Balaban J connectivity index is 1.68. The van der Waals surface area contributed by atoms with Crippen LogP contribution in [-0.2, 0) is 59.1 Å². The molecule has 2 heterocycles. The third kappa shape index (κ3) is 15.8. The summed E-state index contributed by atoms with van der Waals surface area (Å²) in [5, 5.41) is 16.2. The first-order valence-electron chi connectivity index (χ1n) is 23.9. The van der Waals surface area contributed by atoms with Crippen LogP contribution in [0.25, 0.3) is 0 Å². The summed E-state index contributed by atoms with van der Waals surface area (Å²) in [4.78, 5) is 115. The highest BCUT2D eigenvalue weighted by Gasteiger charge is 2.44. The van der Waals surface area contributed by atoms with Crippen LogP contribution in [0.1, 0.15) is 118 Å². The molecule has 6 amide bonds. The van der Waals surface area contributed by atoms with Gasteiger partial charge in [-0.1, -0.05) is 91.6 Å². The van der Waals surface area contributed by atoms with Gasteiger partial charge in [0.1, 0.15) is 12.1 Å². The van der Waals surface area contributed by atoms with Crippen LogP contribution >= 0.6 is 0 Å². The molecule has 0 bridgehead atoms. The van der Waals surface area contributed by atoms with Crippen molar-refractivity contribution >= 4 is 47.4 Å². The molecule has 376 valence electrons. The van der Waals surface area contributed by atoms with Gasteiger partial charge in [-0.2, -0.15) is 0 Å². The number of nitrogens with one attached hydrogen (secondary N) is 2. The summed E-state index contributed by atoms with van der Waals surface area (Å²) in [6.07, 6.45) is 2.37. The Labute approximate surface area is 397 Å². The fourth-order valence-electron chi connectivity index (χ4n) is 9.39. The number of methoxy groups -OCH3 is 2. The monoisotopic (exact) mass is 943 g/mol. The normalized spacial score (nSPS) is 18.9. The molecule has 2 aliphatic rings. The standard InChI is InChI=1S/C49H78N6O12/c1-12-32(6)44(37(65-10)29-40(58)54-27-19-22-36(54)45(66-11)33(7)46(60)50-35(49(63)64)28-34-20-15-13-16-21-34)53(9)48(62)42(30(2)3)51-47(61)43(31(4)5)52(8)26-18-14-17-23-41(59)67-55-38(56)24-25-39(55)57/h13,15-16,20-21,30-33,35-37,42-45H,12,14,17-19,22-29H2,1-11H3,(H,50,60)(H,51,61)(H,63,64)/t32-,33+,35-,36-,37+,42-,43-,44-,45+/m0/s1. The number of carbonyl (C=O) groups is 8.